The van der Waals surface area contributed by atoms with E-state index >= 15 is 0 Å². The molecule has 0 aromatic rings. The topological polar surface area (TPSA) is 55.4 Å². The van der Waals surface area contributed by atoms with Crippen molar-refractivity contribution in [2.24, 2.45) is 0 Å². The lowest BCUT2D eigenvalue weighted by Gasteiger charge is -2.55. The Balaban J connectivity index is 3.91. The van der Waals surface area contributed by atoms with Gasteiger partial charge >= 0.3 is 0 Å². The summed E-state index contributed by atoms with van der Waals surface area (Å²) in [6.45, 7) is 32.4. The lowest BCUT2D eigenvalue weighted by Crippen LogP contribution is -2.72. The molecule has 1 aliphatic carbocycles. The first kappa shape index (κ1) is 30.1. The fraction of sp³-hybridized carbons (Fsp3) is 1.00. The average molecular weight is 556 g/mol. The van der Waals surface area contributed by atoms with Crippen molar-refractivity contribution in [2.45, 2.75) is 135 Å². The van der Waals surface area contributed by atoms with Gasteiger partial charge < -0.3 is 26.9 Å². The van der Waals surface area contributed by atoms with Gasteiger partial charge in [0.1, 0.15) is 36.6 Å². The summed E-state index contributed by atoms with van der Waals surface area (Å²) >= 11 is 0. The van der Waals surface area contributed by atoms with Gasteiger partial charge in [0.05, 0.1) is 1.37 Å². The molecular formula is C22H54O6Si5. The second-order valence-electron chi connectivity index (χ2n) is 14.0. The number of methoxy groups -OCH3 is 1. The minimum absolute atomic E-state index is 0.401. The Kier molecular flexibility index (Phi) is 10.1. The Morgan fingerprint density at radius 1 is 0.394 bits per heavy atom. The average Bonchev–Trinajstić information content (AvgIpc) is 2.53. The molecule has 0 heterocycles. The van der Waals surface area contributed by atoms with Crippen LogP contribution < -0.4 is 0 Å². The minimum atomic E-state index is -2.10. The zero-order valence-corrected chi connectivity index (χ0v) is 29.3. The van der Waals surface area contributed by atoms with E-state index in [4.69, 9.17) is 26.9 Å². The number of hydrogen-bond donors (Lipinski definition) is 0. The van der Waals surface area contributed by atoms with Crippen molar-refractivity contribution >= 4 is 41.6 Å². The van der Waals surface area contributed by atoms with Gasteiger partial charge in [0.25, 0.3) is 0 Å². The maximum absolute atomic E-state index is 9.74. The van der Waals surface area contributed by atoms with E-state index in [0.717, 1.165) is 0 Å². The molecule has 1 saturated carbocycles. The third-order valence-electron chi connectivity index (χ3n) is 4.47. The monoisotopic (exact) mass is 555 g/mol. The molecular weight excluding hydrogens is 501 g/mol. The van der Waals surface area contributed by atoms with Crippen molar-refractivity contribution in [2.75, 3.05) is 7.11 Å². The first-order valence-corrected chi connectivity index (χ1v) is 29.3. The van der Waals surface area contributed by atoms with Crippen LogP contribution in [0.2, 0.25) is 98.2 Å². The summed E-state index contributed by atoms with van der Waals surface area (Å²) in [7, 11) is -8.75. The van der Waals surface area contributed by atoms with Gasteiger partial charge in [-0.15, -0.1) is 0 Å². The van der Waals surface area contributed by atoms with E-state index in [1.807, 2.05) is 0 Å². The van der Waals surface area contributed by atoms with Gasteiger partial charge in [0.2, 0.25) is 0 Å². The van der Waals surface area contributed by atoms with Gasteiger partial charge in [-0.3, -0.25) is 0 Å². The summed E-state index contributed by atoms with van der Waals surface area (Å²) in [4.78, 5) is 0. The van der Waals surface area contributed by atoms with Gasteiger partial charge in [-0.25, -0.2) is 0 Å². The first-order valence-electron chi connectivity index (χ1n) is 12.7. The van der Waals surface area contributed by atoms with Crippen LogP contribution in [-0.4, -0.2) is 85.3 Å². The molecule has 6 atom stereocenters. The zero-order valence-electron chi connectivity index (χ0n) is 25.3. The third-order valence-corrected chi connectivity index (χ3v) is 9.33. The van der Waals surface area contributed by atoms with Crippen LogP contribution in [0.5, 0.6) is 0 Å². The SMILES string of the molecule is [2H]C1(OC)[C@H](O[Si](C)(C)C)[C@H](O[Si](C)(C)C)C(O[Si](C)(C)C)[C@H](O[Si](C)(C)C)[C@@H]1O[Si](C)(C)C. The van der Waals surface area contributed by atoms with E-state index in [9.17, 15) is 1.37 Å². The molecule has 1 aliphatic rings. The predicted octanol–water partition coefficient (Wildman–Crippen LogP) is 6.12. The van der Waals surface area contributed by atoms with Crippen molar-refractivity contribution in [1.82, 2.24) is 0 Å². The van der Waals surface area contributed by atoms with E-state index in [1.165, 1.54) is 0 Å². The highest BCUT2D eigenvalue weighted by molar-refractivity contribution is 6.71. The molecule has 2 unspecified atom stereocenters. The largest absolute Gasteiger partial charge is 0.409 e. The molecule has 0 radical (unpaired) electrons. The highest BCUT2D eigenvalue weighted by atomic mass is 28.4. The van der Waals surface area contributed by atoms with Crippen LogP contribution in [0.1, 0.15) is 1.37 Å². The molecule has 0 amide bonds. The van der Waals surface area contributed by atoms with Crippen molar-refractivity contribution < 1.29 is 28.2 Å². The Bertz CT molecular complexity index is 619. The summed E-state index contributed by atoms with van der Waals surface area (Å²) in [6.07, 6.45) is -4.16. The van der Waals surface area contributed by atoms with Crippen molar-refractivity contribution in [3.05, 3.63) is 0 Å². The lowest BCUT2D eigenvalue weighted by atomic mass is 9.85. The molecule has 0 spiro atoms. The molecule has 0 aromatic heterocycles. The smallest absolute Gasteiger partial charge is 0.184 e. The Morgan fingerprint density at radius 3 is 0.758 bits per heavy atom. The Labute approximate surface area is 211 Å². The maximum atomic E-state index is 9.74. The molecule has 0 bridgehead atoms. The summed E-state index contributed by atoms with van der Waals surface area (Å²) in [5.41, 5.74) is 0. The van der Waals surface area contributed by atoms with Crippen molar-refractivity contribution in [3.63, 3.8) is 0 Å². The molecule has 0 aliphatic heterocycles. The molecule has 0 aromatic carbocycles. The lowest BCUT2D eigenvalue weighted by molar-refractivity contribution is -0.207. The highest BCUT2D eigenvalue weighted by Gasteiger charge is 2.57. The second-order valence-corrected chi connectivity index (χ2v) is 36.3. The van der Waals surface area contributed by atoms with Crippen LogP contribution in [0.15, 0.2) is 0 Å². The van der Waals surface area contributed by atoms with E-state index in [1.54, 1.807) is 7.11 Å². The van der Waals surface area contributed by atoms with Gasteiger partial charge in [-0.05, 0) is 98.2 Å². The van der Waals surface area contributed by atoms with Gasteiger partial charge in [0, 0.05) is 7.11 Å². The predicted molar refractivity (Wildman–Crippen MR) is 152 cm³/mol. The molecule has 11 heteroatoms. The Morgan fingerprint density at radius 2 is 0.576 bits per heavy atom. The van der Waals surface area contributed by atoms with E-state index in [2.05, 4.69) is 98.2 Å². The highest BCUT2D eigenvalue weighted by Crippen LogP contribution is 2.39. The fourth-order valence-corrected chi connectivity index (χ4v) is 9.14. The fourth-order valence-electron chi connectivity index (χ4n) is 3.88. The van der Waals surface area contributed by atoms with Gasteiger partial charge in [0.15, 0.2) is 41.6 Å². The van der Waals surface area contributed by atoms with Crippen LogP contribution in [0, 0.1) is 0 Å². The van der Waals surface area contributed by atoms with Crippen LogP contribution in [0.25, 0.3) is 0 Å². The van der Waals surface area contributed by atoms with Crippen molar-refractivity contribution in [1.29, 1.82) is 0 Å². The van der Waals surface area contributed by atoms with Crippen LogP contribution in [0.4, 0.5) is 0 Å². The number of ether oxygens (including phenoxy) is 1. The molecule has 1 rings (SSSR count). The number of rotatable bonds is 11. The molecule has 33 heavy (non-hydrogen) atoms. The summed E-state index contributed by atoms with van der Waals surface area (Å²) < 4.78 is 49.9. The third kappa shape index (κ3) is 11.6. The van der Waals surface area contributed by atoms with Gasteiger partial charge in [-0.1, -0.05) is 0 Å². The Hall–Kier alpha value is 0.844. The quantitative estimate of drug-likeness (QED) is 0.286. The molecule has 0 N–H and O–H groups in total. The van der Waals surface area contributed by atoms with Crippen LogP contribution in [0.3, 0.4) is 0 Å². The molecule has 6 nitrogen and oxygen atoms in total. The summed E-state index contributed by atoms with van der Waals surface area (Å²) in [6, 6.07) is 0. The van der Waals surface area contributed by atoms with Crippen LogP contribution >= 0.6 is 0 Å². The van der Waals surface area contributed by atoms with E-state index in [0.29, 0.717) is 0 Å². The van der Waals surface area contributed by atoms with E-state index in [-0.39, 0.29) is 0 Å². The van der Waals surface area contributed by atoms with Crippen LogP contribution in [-0.2, 0) is 26.9 Å². The van der Waals surface area contributed by atoms with E-state index < -0.39 is 78.2 Å². The maximum Gasteiger partial charge on any atom is 0.184 e. The summed E-state index contributed by atoms with van der Waals surface area (Å²) in [5, 5.41) is 0. The number of hydrogen-bond acceptors (Lipinski definition) is 6. The van der Waals surface area contributed by atoms with Crippen molar-refractivity contribution in [3.8, 4) is 0 Å². The first-order chi connectivity index (χ1) is 14.8. The zero-order chi connectivity index (χ0) is 27.1. The molecule has 198 valence electrons. The normalized spacial score (nSPS) is 33.2. The minimum Gasteiger partial charge on any atom is -0.409 e. The second kappa shape index (κ2) is 11.1. The standard InChI is InChI=1S/C22H54O6Si5/c1-23-17-18(24-29(2,3)4)20(26-31(8,9)10)22(28-33(14,15)16)21(27-32(11,12)13)19(17)25-30(5,6)7/h17-22H,1-16H3/t17?,18-,19+,20-,21+,22?/i17D. The van der Waals surface area contributed by atoms with Gasteiger partial charge in [-0.2, -0.15) is 0 Å². The summed E-state index contributed by atoms with van der Waals surface area (Å²) in [5.74, 6) is 0. The molecule has 1 fully saturated rings. The molecule has 0 saturated heterocycles.